The number of hydrogen-bond donors (Lipinski definition) is 1. The van der Waals surface area contributed by atoms with Gasteiger partial charge >= 0.3 is 0 Å². The number of amides is 2. The van der Waals surface area contributed by atoms with E-state index in [4.69, 9.17) is 0 Å². The van der Waals surface area contributed by atoms with Gasteiger partial charge in [-0.05, 0) is 61.6 Å². The quantitative estimate of drug-likeness (QED) is 0.204. The van der Waals surface area contributed by atoms with Gasteiger partial charge in [-0.25, -0.2) is 8.42 Å². The predicted molar refractivity (Wildman–Crippen MR) is 178 cm³/mol. The highest BCUT2D eigenvalue weighted by Gasteiger charge is 2.35. The van der Waals surface area contributed by atoms with Crippen LogP contribution in [0.1, 0.15) is 47.9 Å². The average Bonchev–Trinajstić information content (AvgIpc) is 3.56. The SMILES string of the molecule is Cc1ccc(CN(C(=O)CN(c2ccccc2C)S(=O)(=O)c2ccccc2)C(Cc2ccccc2)C(=O)NC2CCCC2)cc1. The number of nitrogens with one attached hydrogen (secondary N) is 1. The van der Waals surface area contributed by atoms with Crippen LogP contribution >= 0.6 is 0 Å². The average molecular weight is 624 g/mol. The van der Waals surface area contributed by atoms with Gasteiger partial charge in [-0.2, -0.15) is 0 Å². The van der Waals surface area contributed by atoms with Crippen LogP contribution in [0.4, 0.5) is 5.69 Å². The predicted octanol–water partition coefficient (Wildman–Crippen LogP) is 6.20. The molecule has 0 bridgehead atoms. The van der Waals surface area contributed by atoms with Crippen LogP contribution in [0, 0.1) is 13.8 Å². The van der Waals surface area contributed by atoms with E-state index < -0.39 is 28.5 Å². The number of aryl methyl sites for hydroxylation is 2. The normalized spacial score (nSPS) is 14.1. The molecule has 1 aliphatic rings. The van der Waals surface area contributed by atoms with Crippen LogP contribution < -0.4 is 9.62 Å². The number of carbonyl (C=O) groups is 2. The van der Waals surface area contributed by atoms with Crippen molar-refractivity contribution in [3.63, 3.8) is 0 Å². The molecule has 0 aliphatic heterocycles. The summed E-state index contributed by atoms with van der Waals surface area (Å²) in [5.74, 6) is -0.680. The molecule has 1 saturated carbocycles. The summed E-state index contributed by atoms with van der Waals surface area (Å²) in [6.45, 7) is 3.51. The lowest BCUT2D eigenvalue weighted by molar-refractivity contribution is -0.140. The van der Waals surface area contributed by atoms with Gasteiger partial charge in [0.25, 0.3) is 10.0 Å². The molecule has 7 nitrogen and oxygen atoms in total. The van der Waals surface area contributed by atoms with Crippen molar-refractivity contribution in [2.24, 2.45) is 0 Å². The Hall–Kier alpha value is -4.43. The minimum Gasteiger partial charge on any atom is -0.352 e. The summed E-state index contributed by atoms with van der Waals surface area (Å²) < 4.78 is 29.5. The molecule has 45 heavy (non-hydrogen) atoms. The van der Waals surface area contributed by atoms with E-state index in [0.29, 0.717) is 12.1 Å². The number of benzene rings is 4. The number of sulfonamides is 1. The Bertz CT molecular complexity index is 1690. The van der Waals surface area contributed by atoms with Gasteiger partial charge in [0.1, 0.15) is 12.6 Å². The highest BCUT2D eigenvalue weighted by Crippen LogP contribution is 2.28. The Labute approximate surface area is 266 Å². The number of para-hydroxylation sites is 1. The third-order valence-corrected chi connectivity index (χ3v) is 10.2. The molecule has 0 saturated heterocycles. The van der Waals surface area contributed by atoms with Crippen molar-refractivity contribution < 1.29 is 18.0 Å². The standard InChI is InChI=1S/C37H41N3O4S/c1-28-21-23-31(24-22-28)26-39(35(25-30-14-5-3-6-15-30)37(42)38-32-16-10-11-17-32)36(41)27-40(34-20-12-9-13-29(34)2)45(43,44)33-18-7-4-8-19-33/h3-9,12-15,18-24,32,35H,10-11,16-17,25-27H2,1-2H3,(H,38,42). The molecule has 1 aliphatic carbocycles. The van der Waals surface area contributed by atoms with E-state index in [1.165, 1.54) is 16.4 Å². The molecule has 1 unspecified atom stereocenters. The van der Waals surface area contributed by atoms with Gasteiger partial charge in [-0.15, -0.1) is 0 Å². The second-order valence-corrected chi connectivity index (χ2v) is 13.7. The third kappa shape index (κ3) is 8.00. The first-order valence-electron chi connectivity index (χ1n) is 15.5. The largest absolute Gasteiger partial charge is 0.352 e. The fourth-order valence-electron chi connectivity index (χ4n) is 5.89. The molecule has 0 aromatic heterocycles. The van der Waals surface area contributed by atoms with E-state index in [0.717, 1.165) is 47.9 Å². The van der Waals surface area contributed by atoms with Crippen LogP contribution in [0.2, 0.25) is 0 Å². The van der Waals surface area contributed by atoms with Crippen molar-refractivity contribution in [3.8, 4) is 0 Å². The summed E-state index contributed by atoms with van der Waals surface area (Å²) in [7, 11) is -4.12. The lowest BCUT2D eigenvalue weighted by Crippen LogP contribution is -2.54. The molecule has 234 valence electrons. The van der Waals surface area contributed by atoms with Crippen molar-refractivity contribution in [2.75, 3.05) is 10.8 Å². The molecular weight excluding hydrogens is 582 g/mol. The number of rotatable bonds is 12. The molecule has 1 N–H and O–H groups in total. The van der Waals surface area contributed by atoms with E-state index >= 15 is 0 Å². The molecule has 8 heteroatoms. The van der Waals surface area contributed by atoms with Gasteiger partial charge in [0.15, 0.2) is 0 Å². The van der Waals surface area contributed by atoms with Crippen molar-refractivity contribution in [1.29, 1.82) is 0 Å². The second kappa shape index (κ2) is 14.6. The van der Waals surface area contributed by atoms with E-state index in [2.05, 4.69) is 5.32 Å². The maximum absolute atomic E-state index is 14.6. The maximum Gasteiger partial charge on any atom is 0.264 e. The van der Waals surface area contributed by atoms with Gasteiger partial charge in [-0.3, -0.25) is 13.9 Å². The Morgan fingerprint density at radius 3 is 2.02 bits per heavy atom. The first-order chi connectivity index (χ1) is 21.7. The highest BCUT2D eigenvalue weighted by atomic mass is 32.2. The van der Waals surface area contributed by atoms with Crippen LogP contribution in [-0.4, -0.2) is 43.8 Å². The van der Waals surface area contributed by atoms with Crippen molar-refractivity contribution >= 4 is 27.5 Å². The van der Waals surface area contributed by atoms with Crippen LogP contribution in [-0.2, 0) is 32.6 Å². The summed E-state index contributed by atoms with van der Waals surface area (Å²) in [5, 5.41) is 3.21. The zero-order valence-corrected chi connectivity index (χ0v) is 26.7. The summed E-state index contributed by atoms with van der Waals surface area (Å²) >= 11 is 0. The molecule has 0 radical (unpaired) electrons. The van der Waals surface area contributed by atoms with Crippen molar-refractivity contribution in [3.05, 3.63) is 131 Å². The third-order valence-electron chi connectivity index (χ3n) is 8.44. The molecule has 0 spiro atoms. The lowest BCUT2D eigenvalue weighted by atomic mass is 10.0. The van der Waals surface area contributed by atoms with Gasteiger partial charge in [0, 0.05) is 19.0 Å². The first kappa shape index (κ1) is 32.0. The molecule has 4 aromatic carbocycles. The highest BCUT2D eigenvalue weighted by molar-refractivity contribution is 7.92. The summed E-state index contributed by atoms with van der Waals surface area (Å²) in [6.07, 6.45) is 4.23. The minimum absolute atomic E-state index is 0.0639. The molecule has 4 aromatic rings. The molecule has 2 amide bonds. The second-order valence-electron chi connectivity index (χ2n) is 11.8. The number of anilines is 1. The minimum atomic E-state index is -4.12. The summed E-state index contributed by atoms with van der Waals surface area (Å²) in [4.78, 5) is 30.3. The van der Waals surface area contributed by atoms with Gasteiger partial charge in [-0.1, -0.05) is 109 Å². The maximum atomic E-state index is 14.6. The van der Waals surface area contributed by atoms with Crippen LogP contribution in [0.25, 0.3) is 0 Å². The Morgan fingerprint density at radius 1 is 0.778 bits per heavy atom. The van der Waals surface area contributed by atoms with E-state index in [1.807, 2.05) is 80.6 Å². The first-order valence-corrected chi connectivity index (χ1v) is 17.0. The Kier molecular flexibility index (Phi) is 10.4. The molecule has 5 rings (SSSR count). The fourth-order valence-corrected chi connectivity index (χ4v) is 7.39. The van der Waals surface area contributed by atoms with Crippen LogP contribution in [0.5, 0.6) is 0 Å². The van der Waals surface area contributed by atoms with Gasteiger partial charge < -0.3 is 10.2 Å². The molecule has 1 atom stereocenters. The summed E-state index contributed by atoms with van der Waals surface area (Å²) in [5.41, 5.74) is 3.98. The van der Waals surface area contributed by atoms with Crippen LogP contribution in [0.15, 0.2) is 114 Å². The summed E-state index contributed by atoms with van der Waals surface area (Å²) in [6, 6.07) is 32.0. The Morgan fingerprint density at radius 2 is 1.38 bits per heavy atom. The van der Waals surface area contributed by atoms with E-state index in [1.54, 1.807) is 35.2 Å². The van der Waals surface area contributed by atoms with Gasteiger partial charge in [0.2, 0.25) is 11.8 Å². The van der Waals surface area contributed by atoms with Crippen LogP contribution in [0.3, 0.4) is 0 Å². The van der Waals surface area contributed by atoms with Gasteiger partial charge in [0.05, 0.1) is 10.6 Å². The number of hydrogen-bond acceptors (Lipinski definition) is 4. The van der Waals surface area contributed by atoms with E-state index in [-0.39, 0.29) is 23.4 Å². The van der Waals surface area contributed by atoms with Crippen molar-refractivity contribution in [2.45, 2.75) is 69.5 Å². The molecular formula is C37H41N3O4S. The van der Waals surface area contributed by atoms with E-state index in [9.17, 15) is 18.0 Å². The monoisotopic (exact) mass is 623 g/mol. The fraction of sp³-hybridized carbons (Fsp3) is 0.297. The smallest absolute Gasteiger partial charge is 0.264 e. The topological polar surface area (TPSA) is 86.8 Å². The van der Waals surface area contributed by atoms with Crippen molar-refractivity contribution in [1.82, 2.24) is 10.2 Å². The number of nitrogens with zero attached hydrogens (tertiary/aromatic N) is 2. The molecule has 0 heterocycles. The lowest BCUT2D eigenvalue weighted by Gasteiger charge is -2.34. The Balaban J connectivity index is 1.56. The number of carbonyl (C=O) groups excluding carboxylic acids is 2. The molecule has 1 fully saturated rings. The zero-order chi connectivity index (χ0) is 31.8. The zero-order valence-electron chi connectivity index (χ0n) is 25.9.